The number of rotatable bonds is 4. The molecular formula is C11H7Cl2N3O3S. The van der Waals surface area contributed by atoms with Gasteiger partial charge in [-0.25, -0.2) is 4.79 Å². The Kier molecular flexibility index (Phi) is 4.53. The number of aliphatic carboxylic acids is 1. The van der Waals surface area contributed by atoms with Gasteiger partial charge in [0, 0.05) is 4.88 Å². The molecule has 0 saturated carbocycles. The molecule has 2 N–H and O–H groups in total. The molecule has 0 spiro atoms. The second kappa shape index (κ2) is 6.17. The number of hydrogen-bond donors (Lipinski definition) is 2. The number of carboxylic acids is 1. The molecule has 0 aliphatic carbocycles. The van der Waals surface area contributed by atoms with Crippen LogP contribution in [0.3, 0.4) is 0 Å². The lowest BCUT2D eigenvalue weighted by atomic mass is 10.2. The van der Waals surface area contributed by atoms with E-state index >= 15 is 0 Å². The fourth-order valence-electron chi connectivity index (χ4n) is 1.43. The summed E-state index contributed by atoms with van der Waals surface area (Å²) >= 11 is 12.6. The first kappa shape index (κ1) is 14.7. The zero-order valence-corrected chi connectivity index (χ0v) is 12.0. The van der Waals surface area contributed by atoms with Gasteiger partial charge in [-0.15, -0.1) is 21.5 Å². The third-order valence-electron chi connectivity index (χ3n) is 2.31. The van der Waals surface area contributed by atoms with Gasteiger partial charge in [0.25, 0.3) is 5.91 Å². The molecule has 0 bridgehead atoms. The Balaban J connectivity index is 2.25. The lowest BCUT2D eigenvalue weighted by Crippen LogP contribution is -2.33. The molecule has 20 heavy (non-hydrogen) atoms. The van der Waals surface area contributed by atoms with Crippen molar-refractivity contribution in [2.45, 2.75) is 6.04 Å². The molecule has 1 unspecified atom stereocenters. The highest BCUT2D eigenvalue weighted by molar-refractivity contribution is 7.10. The summed E-state index contributed by atoms with van der Waals surface area (Å²) in [5, 5.41) is 20.1. The average Bonchev–Trinajstić information content (AvgIpc) is 2.91. The van der Waals surface area contributed by atoms with Crippen molar-refractivity contribution in [2.75, 3.05) is 0 Å². The van der Waals surface area contributed by atoms with E-state index in [2.05, 4.69) is 15.5 Å². The second-order valence-corrected chi connectivity index (χ2v) is 5.36. The van der Waals surface area contributed by atoms with Crippen molar-refractivity contribution in [3.8, 4) is 0 Å². The molecule has 2 aromatic rings. The van der Waals surface area contributed by atoms with Crippen LogP contribution >= 0.6 is 34.5 Å². The molecule has 2 heterocycles. The topological polar surface area (TPSA) is 92.2 Å². The van der Waals surface area contributed by atoms with E-state index in [0.717, 1.165) is 0 Å². The minimum absolute atomic E-state index is 0.0115. The number of hydrogen-bond acceptors (Lipinski definition) is 5. The first-order valence-electron chi connectivity index (χ1n) is 5.25. The molecular weight excluding hydrogens is 325 g/mol. The van der Waals surface area contributed by atoms with E-state index in [1.54, 1.807) is 17.5 Å². The summed E-state index contributed by atoms with van der Waals surface area (Å²) in [6.45, 7) is 0. The number of nitrogens with zero attached hydrogens (tertiary/aromatic N) is 2. The third kappa shape index (κ3) is 3.24. The zero-order valence-electron chi connectivity index (χ0n) is 9.71. The van der Waals surface area contributed by atoms with Gasteiger partial charge in [0.15, 0.2) is 16.3 Å². The summed E-state index contributed by atoms with van der Waals surface area (Å²) in [4.78, 5) is 23.8. The predicted octanol–water partition coefficient (Wildman–Crippen LogP) is 2.40. The quantitative estimate of drug-likeness (QED) is 0.897. The summed E-state index contributed by atoms with van der Waals surface area (Å²) in [7, 11) is 0. The number of halogens is 2. The maximum Gasteiger partial charge on any atom is 0.331 e. The number of amides is 1. The maximum absolute atomic E-state index is 12.0. The van der Waals surface area contributed by atoms with E-state index in [-0.39, 0.29) is 15.9 Å². The molecule has 1 amide bonds. The van der Waals surface area contributed by atoms with Crippen LogP contribution in [0.5, 0.6) is 0 Å². The lowest BCUT2D eigenvalue weighted by Gasteiger charge is -2.13. The lowest BCUT2D eigenvalue weighted by molar-refractivity contribution is -0.139. The number of aromatic nitrogens is 2. The summed E-state index contributed by atoms with van der Waals surface area (Å²) in [6.07, 6.45) is 0. The minimum atomic E-state index is -1.18. The number of carboxylic acid groups (broad SMARTS) is 1. The highest BCUT2D eigenvalue weighted by Crippen LogP contribution is 2.21. The Hall–Kier alpha value is -1.70. The van der Waals surface area contributed by atoms with Crippen LogP contribution in [-0.2, 0) is 4.79 Å². The SMILES string of the molecule is O=C(NC(C(=O)O)c1cccs1)c1cc(Cl)nnc1Cl. The molecule has 6 nitrogen and oxygen atoms in total. The van der Waals surface area contributed by atoms with Crippen molar-refractivity contribution in [3.63, 3.8) is 0 Å². The molecule has 0 aromatic carbocycles. The highest BCUT2D eigenvalue weighted by Gasteiger charge is 2.25. The van der Waals surface area contributed by atoms with Crippen molar-refractivity contribution >= 4 is 46.4 Å². The summed E-state index contributed by atoms with van der Waals surface area (Å²) in [5.41, 5.74) is -0.0329. The molecule has 104 valence electrons. The fourth-order valence-corrected chi connectivity index (χ4v) is 2.52. The van der Waals surface area contributed by atoms with Crippen LogP contribution in [0.25, 0.3) is 0 Å². The Morgan fingerprint density at radius 3 is 2.70 bits per heavy atom. The first-order valence-corrected chi connectivity index (χ1v) is 6.88. The summed E-state index contributed by atoms with van der Waals surface area (Å²) in [6, 6.07) is 3.37. The largest absolute Gasteiger partial charge is 0.479 e. The van der Waals surface area contributed by atoms with E-state index < -0.39 is 17.9 Å². The minimum Gasteiger partial charge on any atom is -0.479 e. The van der Waals surface area contributed by atoms with Crippen LogP contribution in [-0.4, -0.2) is 27.2 Å². The molecule has 1 atom stereocenters. The number of carbonyl (C=O) groups is 2. The van der Waals surface area contributed by atoms with Gasteiger partial charge in [0.2, 0.25) is 0 Å². The number of thiophene rings is 1. The van der Waals surface area contributed by atoms with E-state index in [1.165, 1.54) is 17.4 Å². The highest BCUT2D eigenvalue weighted by atomic mass is 35.5. The van der Waals surface area contributed by atoms with Crippen molar-refractivity contribution < 1.29 is 14.7 Å². The van der Waals surface area contributed by atoms with Crippen LogP contribution in [0.15, 0.2) is 23.6 Å². The Morgan fingerprint density at radius 2 is 2.10 bits per heavy atom. The van der Waals surface area contributed by atoms with Crippen LogP contribution in [0.4, 0.5) is 0 Å². The zero-order chi connectivity index (χ0) is 14.7. The van der Waals surface area contributed by atoms with Crippen molar-refractivity contribution in [1.29, 1.82) is 0 Å². The molecule has 0 aliphatic heterocycles. The molecule has 2 rings (SSSR count). The smallest absolute Gasteiger partial charge is 0.331 e. The van der Waals surface area contributed by atoms with Gasteiger partial charge >= 0.3 is 5.97 Å². The fraction of sp³-hybridized carbons (Fsp3) is 0.0909. The van der Waals surface area contributed by atoms with E-state index in [9.17, 15) is 9.59 Å². The molecule has 9 heteroatoms. The standard InChI is InChI=1S/C11H7Cl2N3O3S/c12-7-4-5(9(13)16-15-7)10(17)14-8(11(18)19)6-2-1-3-20-6/h1-4,8H,(H,14,17)(H,18,19). The normalized spacial score (nSPS) is 11.9. The molecule has 2 aromatic heterocycles. The number of carbonyl (C=O) groups excluding carboxylic acids is 1. The van der Waals surface area contributed by atoms with Crippen LogP contribution in [0.2, 0.25) is 10.3 Å². The maximum atomic E-state index is 12.0. The van der Waals surface area contributed by atoms with Crippen molar-refractivity contribution in [3.05, 3.63) is 44.3 Å². The van der Waals surface area contributed by atoms with Gasteiger partial charge in [0.05, 0.1) is 5.56 Å². The summed E-state index contributed by atoms with van der Waals surface area (Å²) < 4.78 is 0. The van der Waals surface area contributed by atoms with E-state index in [4.69, 9.17) is 28.3 Å². The van der Waals surface area contributed by atoms with Crippen LogP contribution < -0.4 is 5.32 Å². The van der Waals surface area contributed by atoms with Gasteiger partial charge in [-0.3, -0.25) is 4.79 Å². The van der Waals surface area contributed by atoms with E-state index in [1.807, 2.05) is 0 Å². The molecule has 0 radical (unpaired) electrons. The van der Waals surface area contributed by atoms with Gasteiger partial charge in [-0.1, -0.05) is 29.3 Å². The molecule has 0 fully saturated rings. The Bertz CT molecular complexity index is 648. The number of nitrogens with one attached hydrogen (secondary N) is 1. The Labute approximate surface area is 127 Å². The van der Waals surface area contributed by atoms with E-state index in [0.29, 0.717) is 4.88 Å². The third-order valence-corrected chi connectivity index (χ3v) is 3.71. The predicted molar refractivity (Wildman–Crippen MR) is 74.2 cm³/mol. The summed E-state index contributed by atoms with van der Waals surface area (Å²) in [5.74, 6) is -1.86. The van der Waals surface area contributed by atoms with Crippen LogP contribution in [0.1, 0.15) is 21.3 Å². The first-order chi connectivity index (χ1) is 9.49. The molecule has 0 aliphatic rings. The van der Waals surface area contributed by atoms with Crippen molar-refractivity contribution in [2.24, 2.45) is 0 Å². The van der Waals surface area contributed by atoms with Crippen LogP contribution in [0, 0.1) is 0 Å². The van der Waals surface area contributed by atoms with Gasteiger partial charge in [-0.2, -0.15) is 0 Å². The monoisotopic (exact) mass is 331 g/mol. The van der Waals surface area contributed by atoms with Crippen molar-refractivity contribution in [1.82, 2.24) is 15.5 Å². The van der Waals surface area contributed by atoms with Gasteiger partial charge < -0.3 is 10.4 Å². The van der Waals surface area contributed by atoms with Gasteiger partial charge in [0.1, 0.15) is 0 Å². The van der Waals surface area contributed by atoms with Gasteiger partial charge in [-0.05, 0) is 17.5 Å². The Morgan fingerprint density at radius 1 is 1.35 bits per heavy atom. The second-order valence-electron chi connectivity index (χ2n) is 3.63. The molecule has 0 saturated heterocycles. The average molecular weight is 332 g/mol.